The summed E-state index contributed by atoms with van der Waals surface area (Å²) in [6.07, 6.45) is 1.44. The van der Waals surface area contributed by atoms with Crippen molar-refractivity contribution in [2.45, 2.75) is 18.7 Å². The summed E-state index contributed by atoms with van der Waals surface area (Å²) in [5.74, 6) is 1.42. The second-order valence-electron chi connectivity index (χ2n) is 6.21. The number of nitrogens with zero attached hydrogens (tertiary/aromatic N) is 1. The van der Waals surface area contributed by atoms with Gasteiger partial charge in [0.25, 0.3) is 5.69 Å². The van der Waals surface area contributed by atoms with Crippen LogP contribution in [0.15, 0.2) is 52.8 Å². The Balaban J connectivity index is 2.25. The maximum Gasteiger partial charge on any atom is 0.269 e. The molecule has 0 unspecified atom stereocenters. The third kappa shape index (κ3) is 5.55. The highest BCUT2D eigenvalue weighted by Gasteiger charge is 2.13. The van der Waals surface area contributed by atoms with Gasteiger partial charge in [0.15, 0.2) is 21.3 Å². The average molecular weight is 391 g/mol. The van der Waals surface area contributed by atoms with Crippen molar-refractivity contribution in [3.05, 3.63) is 63.6 Å². The molecule has 7 nitrogen and oxygen atoms in total. The third-order valence-corrected chi connectivity index (χ3v) is 5.00. The quantitative estimate of drug-likeness (QED) is 0.497. The van der Waals surface area contributed by atoms with Gasteiger partial charge in [-0.15, -0.1) is 0 Å². The first-order valence-corrected chi connectivity index (χ1v) is 9.76. The van der Waals surface area contributed by atoms with Crippen LogP contribution in [-0.2, 0) is 9.84 Å². The summed E-state index contributed by atoms with van der Waals surface area (Å²) in [5, 5.41) is 11.7. The lowest BCUT2D eigenvalue weighted by molar-refractivity contribution is -0.384. The van der Waals surface area contributed by atoms with Gasteiger partial charge in [0.2, 0.25) is 0 Å². The normalized spacial score (nSPS) is 11.7. The highest BCUT2D eigenvalue weighted by Crippen LogP contribution is 2.29. The van der Waals surface area contributed by atoms with Crippen LogP contribution < -0.4 is 9.47 Å². The second-order valence-corrected chi connectivity index (χ2v) is 8.05. The minimum absolute atomic E-state index is 0.0193. The Morgan fingerprint density at radius 2 is 1.78 bits per heavy atom. The van der Waals surface area contributed by atoms with Crippen molar-refractivity contribution in [1.82, 2.24) is 0 Å². The number of sulfone groups is 1. The first-order valence-electron chi connectivity index (χ1n) is 8.21. The molecular formula is C19H21NO6S. The largest absolute Gasteiger partial charge is 0.493 e. The fourth-order valence-electron chi connectivity index (χ4n) is 2.17. The minimum Gasteiger partial charge on any atom is -0.493 e. The SMILES string of the molecule is COc1ccc(/C=C/S(=O)(=O)c2ccc([N+](=O)[O-])cc2)cc1OCC(C)C. The third-order valence-electron chi connectivity index (χ3n) is 3.58. The molecule has 0 bridgehead atoms. The van der Waals surface area contributed by atoms with Gasteiger partial charge in [-0.2, -0.15) is 0 Å². The van der Waals surface area contributed by atoms with Gasteiger partial charge in [-0.05, 0) is 41.8 Å². The van der Waals surface area contributed by atoms with Crippen molar-refractivity contribution in [3.8, 4) is 11.5 Å². The lowest BCUT2D eigenvalue weighted by atomic mass is 10.2. The van der Waals surface area contributed by atoms with Gasteiger partial charge in [-0.25, -0.2) is 8.42 Å². The maximum atomic E-state index is 12.4. The summed E-state index contributed by atoms with van der Waals surface area (Å²) in [6, 6.07) is 9.85. The number of methoxy groups -OCH3 is 1. The zero-order chi connectivity index (χ0) is 20.0. The average Bonchev–Trinajstić information content (AvgIpc) is 2.64. The van der Waals surface area contributed by atoms with E-state index in [0.717, 1.165) is 17.5 Å². The fourth-order valence-corrected chi connectivity index (χ4v) is 3.18. The fraction of sp³-hybridized carbons (Fsp3) is 0.263. The van der Waals surface area contributed by atoms with E-state index in [4.69, 9.17) is 9.47 Å². The van der Waals surface area contributed by atoms with E-state index in [-0.39, 0.29) is 10.6 Å². The standard InChI is InChI=1S/C19H21NO6S/c1-14(2)13-26-19-12-15(4-9-18(19)25-3)10-11-27(23,24)17-7-5-16(6-8-17)20(21)22/h4-12,14H,13H2,1-3H3/b11-10+. The van der Waals surface area contributed by atoms with Crippen LogP contribution in [-0.4, -0.2) is 27.1 Å². The molecule has 0 aliphatic carbocycles. The van der Waals surface area contributed by atoms with Crippen LogP contribution in [0, 0.1) is 16.0 Å². The van der Waals surface area contributed by atoms with Gasteiger partial charge in [0.05, 0.1) is 23.5 Å². The molecule has 0 N–H and O–H groups in total. The molecule has 0 fully saturated rings. The summed E-state index contributed by atoms with van der Waals surface area (Å²) < 4.78 is 35.8. The van der Waals surface area contributed by atoms with Crippen LogP contribution in [0.1, 0.15) is 19.4 Å². The number of rotatable bonds is 8. The van der Waals surface area contributed by atoms with Crippen LogP contribution in [0.5, 0.6) is 11.5 Å². The van der Waals surface area contributed by atoms with E-state index < -0.39 is 14.8 Å². The summed E-state index contributed by atoms with van der Waals surface area (Å²) >= 11 is 0. The van der Waals surface area contributed by atoms with Gasteiger partial charge in [-0.3, -0.25) is 10.1 Å². The molecule has 8 heteroatoms. The first kappa shape index (κ1) is 20.4. The van der Waals surface area contributed by atoms with Crippen LogP contribution in [0.25, 0.3) is 6.08 Å². The number of hydrogen-bond acceptors (Lipinski definition) is 6. The number of nitro groups is 1. The van der Waals surface area contributed by atoms with Gasteiger partial charge >= 0.3 is 0 Å². The molecule has 0 radical (unpaired) electrons. The lowest BCUT2D eigenvalue weighted by Crippen LogP contribution is -2.05. The monoisotopic (exact) mass is 391 g/mol. The van der Waals surface area contributed by atoms with Gasteiger partial charge in [-0.1, -0.05) is 19.9 Å². The Morgan fingerprint density at radius 3 is 2.33 bits per heavy atom. The number of hydrogen-bond donors (Lipinski definition) is 0. The lowest BCUT2D eigenvalue weighted by Gasteiger charge is -2.13. The predicted molar refractivity (Wildman–Crippen MR) is 103 cm³/mol. The minimum atomic E-state index is -3.73. The highest BCUT2D eigenvalue weighted by molar-refractivity contribution is 7.94. The molecule has 0 amide bonds. The highest BCUT2D eigenvalue weighted by atomic mass is 32.2. The van der Waals surface area contributed by atoms with E-state index >= 15 is 0 Å². The predicted octanol–water partition coefficient (Wildman–Crippen LogP) is 4.08. The number of benzene rings is 2. The summed E-state index contributed by atoms with van der Waals surface area (Å²) in [5.41, 5.74) is 0.458. The van der Waals surface area contributed by atoms with Crippen LogP contribution in [0.3, 0.4) is 0 Å². The van der Waals surface area contributed by atoms with Gasteiger partial charge in [0, 0.05) is 17.5 Å². The van der Waals surface area contributed by atoms with Crippen molar-refractivity contribution >= 4 is 21.6 Å². The Labute approximate surface area is 158 Å². The van der Waals surface area contributed by atoms with Crippen LogP contribution >= 0.6 is 0 Å². The Bertz CT molecular complexity index is 933. The van der Waals surface area contributed by atoms with E-state index in [2.05, 4.69) is 0 Å². The van der Waals surface area contributed by atoms with Crippen molar-refractivity contribution < 1.29 is 22.8 Å². The van der Waals surface area contributed by atoms with E-state index in [1.807, 2.05) is 13.8 Å². The van der Waals surface area contributed by atoms with E-state index in [1.54, 1.807) is 18.2 Å². The molecule has 2 aromatic carbocycles. The van der Waals surface area contributed by atoms with Crippen molar-refractivity contribution in [1.29, 1.82) is 0 Å². The number of non-ortho nitro benzene ring substituents is 1. The first-order chi connectivity index (χ1) is 12.7. The molecule has 0 heterocycles. The second kappa shape index (κ2) is 8.68. The van der Waals surface area contributed by atoms with Crippen LogP contribution in [0.2, 0.25) is 0 Å². The van der Waals surface area contributed by atoms with Crippen molar-refractivity contribution in [2.24, 2.45) is 5.92 Å². The zero-order valence-electron chi connectivity index (χ0n) is 15.3. The molecule has 0 saturated carbocycles. The number of ether oxygens (including phenoxy) is 2. The van der Waals surface area contributed by atoms with E-state index in [1.165, 1.54) is 25.3 Å². The smallest absolute Gasteiger partial charge is 0.269 e. The molecule has 0 atom stereocenters. The molecule has 0 aromatic heterocycles. The molecule has 0 aliphatic rings. The molecule has 144 valence electrons. The summed E-state index contributed by atoms with van der Waals surface area (Å²) in [4.78, 5) is 10.1. The summed E-state index contributed by atoms with van der Waals surface area (Å²) in [7, 11) is -2.20. The van der Waals surface area contributed by atoms with Gasteiger partial charge < -0.3 is 9.47 Å². The molecule has 0 saturated heterocycles. The molecule has 27 heavy (non-hydrogen) atoms. The zero-order valence-corrected chi connectivity index (χ0v) is 16.1. The Morgan fingerprint density at radius 1 is 1.11 bits per heavy atom. The summed E-state index contributed by atoms with van der Waals surface area (Å²) in [6.45, 7) is 4.55. The van der Waals surface area contributed by atoms with Crippen molar-refractivity contribution in [3.63, 3.8) is 0 Å². The van der Waals surface area contributed by atoms with E-state index in [0.29, 0.717) is 29.6 Å². The Kier molecular flexibility index (Phi) is 6.57. The molecule has 0 aliphatic heterocycles. The number of nitro benzene ring substituents is 1. The molecule has 2 rings (SSSR count). The Hall–Kier alpha value is -2.87. The van der Waals surface area contributed by atoms with Crippen LogP contribution in [0.4, 0.5) is 5.69 Å². The molecular weight excluding hydrogens is 370 g/mol. The van der Waals surface area contributed by atoms with E-state index in [9.17, 15) is 18.5 Å². The topological polar surface area (TPSA) is 95.7 Å². The van der Waals surface area contributed by atoms with Crippen molar-refractivity contribution in [2.75, 3.05) is 13.7 Å². The molecule has 0 spiro atoms. The molecule has 2 aromatic rings. The maximum absolute atomic E-state index is 12.4. The van der Waals surface area contributed by atoms with Gasteiger partial charge in [0.1, 0.15) is 0 Å².